The van der Waals surface area contributed by atoms with Gasteiger partial charge in [-0.3, -0.25) is 13.9 Å². The third-order valence-corrected chi connectivity index (χ3v) is 8.85. The normalized spacial score (nSPS) is 12.5. The summed E-state index contributed by atoms with van der Waals surface area (Å²) in [5.74, 6) is -0.804. The fourth-order valence-corrected chi connectivity index (χ4v) is 6.06. The maximum Gasteiger partial charge on any atom is 0.264 e. The Labute approximate surface area is 249 Å². The van der Waals surface area contributed by atoms with E-state index in [1.165, 1.54) is 17.0 Å². The zero-order valence-corrected chi connectivity index (χ0v) is 26.4. The molecule has 0 aliphatic heterocycles. The molecule has 9 heteroatoms. The number of halogens is 1. The zero-order chi connectivity index (χ0) is 30.5. The van der Waals surface area contributed by atoms with E-state index >= 15 is 0 Å². The average molecular weight is 598 g/mol. The van der Waals surface area contributed by atoms with Crippen LogP contribution in [-0.4, -0.2) is 43.3 Å². The molecule has 7 nitrogen and oxygen atoms in total. The quantitative estimate of drug-likeness (QED) is 0.302. The Morgan fingerprint density at radius 3 is 2.15 bits per heavy atom. The van der Waals surface area contributed by atoms with Crippen LogP contribution in [0.3, 0.4) is 0 Å². The summed E-state index contributed by atoms with van der Waals surface area (Å²) in [4.78, 5) is 29.1. The van der Waals surface area contributed by atoms with Crippen molar-refractivity contribution < 1.29 is 18.0 Å². The molecule has 0 aliphatic carbocycles. The van der Waals surface area contributed by atoms with Crippen molar-refractivity contribution in [2.24, 2.45) is 0 Å². The van der Waals surface area contributed by atoms with E-state index in [9.17, 15) is 18.0 Å². The molecule has 3 aromatic carbocycles. The number of hydrogen-bond acceptors (Lipinski definition) is 4. The monoisotopic (exact) mass is 597 g/mol. The molecular weight excluding hydrogens is 558 g/mol. The standard InChI is InChI=1S/C32H40ClN3O4S/c1-8-29(31(38)34-32(5,6)7)35(20-25-11-9-10-23(3)18-25)30(37)21-36(26-15-14-24(4)28(33)19-26)41(39,40)27-16-12-22(2)13-17-27/h9-19,29H,8,20-21H2,1-7H3,(H,34,38)/t29-/m0/s1. The highest BCUT2D eigenvalue weighted by Crippen LogP contribution is 2.29. The molecule has 2 amide bonds. The summed E-state index contributed by atoms with van der Waals surface area (Å²) in [6.45, 7) is 12.7. The van der Waals surface area contributed by atoms with Crippen LogP contribution in [0.2, 0.25) is 5.02 Å². The van der Waals surface area contributed by atoms with Crippen LogP contribution in [-0.2, 0) is 26.2 Å². The highest BCUT2D eigenvalue weighted by Gasteiger charge is 2.34. The van der Waals surface area contributed by atoms with Gasteiger partial charge < -0.3 is 10.2 Å². The highest BCUT2D eigenvalue weighted by molar-refractivity contribution is 7.92. The van der Waals surface area contributed by atoms with Gasteiger partial charge in [-0.25, -0.2) is 8.42 Å². The van der Waals surface area contributed by atoms with Gasteiger partial charge in [-0.05, 0) is 83.4 Å². The molecule has 0 fully saturated rings. The second kappa shape index (κ2) is 13.1. The summed E-state index contributed by atoms with van der Waals surface area (Å²) in [6.07, 6.45) is 0.348. The molecule has 0 heterocycles. The van der Waals surface area contributed by atoms with Crippen LogP contribution < -0.4 is 9.62 Å². The van der Waals surface area contributed by atoms with Crippen LogP contribution in [0.5, 0.6) is 0 Å². The summed E-state index contributed by atoms with van der Waals surface area (Å²) in [7, 11) is -4.16. The Hall–Kier alpha value is -3.36. The average Bonchev–Trinajstić information content (AvgIpc) is 2.88. The molecule has 0 spiro atoms. The Bertz CT molecular complexity index is 1500. The number of carbonyl (C=O) groups is 2. The van der Waals surface area contributed by atoms with E-state index in [-0.39, 0.29) is 23.0 Å². The SMILES string of the molecule is CC[C@@H](C(=O)NC(C)(C)C)N(Cc1cccc(C)c1)C(=O)CN(c1ccc(C)c(Cl)c1)S(=O)(=O)c1ccc(C)cc1. The Balaban J connectivity index is 2.10. The van der Waals surface area contributed by atoms with Crippen molar-refractivity contribution in [2.45, 2.75) is 77.9 Å². The molecule has 1 N–H and O–H groups in total. The minimum atomic E-state index is -4.16. The first kappa shape index (κ1) is 32.2. The van der Waals surface area contributed by atoms with Gasteiger partial charge in [0, 0.05) is 17.1 Å². The molecule has 41 heavy (non-hydrogen) atoms. The number of amides is 2. The molecule has 0 saturated heterocycles. The van der Waals surface area contributed by atoms with Crippen LogP contribution in [0, 0.1) is 20.8 Å². The number of aryl methyl sites for hydroxylation is 3. The molecule has 3 aromatic rings. The third-order valence-electron chi connectivity index (χ3n) is 6.65. The van der Waals surface area contributed by atoms with Crippen molar-refractivity contribution in [1.29, 1.82) is 0 Å². The van der Waals surface area contributed by atoms with Gasteiger partial charge in [0.1, 0.15) is 12.6 Å². The summed E-state index contributed by atoms with van der Waals surface area (Å²) in [5.41, 5.74) is 3.29. The summed E-state index contributed by atoms with van der Waals surface area (Å²) in [5, 5.41) is 3.36. The van der Waals surface area contributed by atoms with Gasteiger partial charge in [-0.2, -0.15) is 0 Å². The maximum absolute atomic E-state index is 14.2. The number of nitrogens with one attached hydrogen (secondary N) is 1. The molecule has 220 valence electrons. The largest absolute Gasteiger partial charge is 0.350 e. The van der Waals surface area contributed by atoms with Gasteiger partial charge in [0.25, 0.3) is 10.0 Å². The minimum absolute atomic E-state index is 0.0512. The zero-order valence-electron chi connectivity index (χ0n) is 24.9. The maximum atomic E-state index is 14.2. The molecule has 0 radical (unpaired) electrons. The second-order valence-corrected chi connectivity index (χ2v) is 13.7. The number of benzene rings is 3. The van der Waals surface area contributed by atoms with E-state index in [1.54, 1.807) is 30.3 Å². The third kappa shape index (κ3) is 8.33. The number of rotatable bonds is 10. The lowest BCUT2D eigenvalue weighted by Crippen LogP contribution is -2.55. The number of hydrogen-bond donors (Lipinski definition) is 1. The molecular formula is C32H40ClN3O4S. The Morgan fingerprint density at radius 2 is 1.59 bits per heavy atom. The van der Waals surface area contributed by atoms with E-state index in [0.717, 1.165) is 26.6 Å². The van der Waals surface area contributed by atoms with Crippen molar-refractivity contribution in [2.75, 3.05) is 10.8 Å². The van der Waals surface area contributed by atoms with Gasteiger partial charge in [-0.1, -0.05) is 72.1 Å². The fourth-order valence-electron chi connectivity index (χ4n) is 4.48. The Morgan fingerprint density at radius 1 is 0.927 bits per heavy atom. The van der Waals surface area contributed by atoms with Crippen molar-refractivity contribution in [3.63, 3.8) is 0 Å². The topological polar surface area (TPSA) is 86.8 Å². The molecule has 3 rings (SSSR count). The van der Waals surface area contributed by atoms with Gasteiger partial charge in [0.2, 0.25) is 11.8 Å². The Kier molecular flexibility index (Phi) is 10.3. The van der Waals surface area contributed by atoms with Gasteiger partial charge >= 0.3 is 0 Å². The first-order valence-corrected chi connectivity index (χ1v) is 15.5. The fraction of sp³-hybridized carbons (Fsp3) is 0.375. The number of carbonyl (C=O) groups excluding carboxylic acids is 2. The lowest BCUT2D eigenvalue weighted by Gasteiger charge is -2.35. The summed E-state index contributed by atoms with van der Waals surface area (Å²) >= 11 is 6.40. The molecule has 0 unspecified atom stereocenters. The van der Waals surface area contributed by atoms with Crippen molar-refractivity contribution in [3.8, 4) is 0 Å². The van der Waals surface area contributed by atoms with Crippen LogP contribution >= 0.6 is 11.6 Å². The first-order chi connectivity index (χ1) is 19.1. The van der Waals surface area contributed by atoms with E-state index in [4.69, 9.17) is 11.6 Å². The summed E-state index contributed by atoms with van der Waals surface area (Å²) in [6, 6.07) is 18.2. The smallest absolute Gasteiger partial charge is 0.264 e. The van der Waals surface area contributed by atoms with Gasteiger partial charge in [-0.15, -0.1) is 0 Å². The second-order valence-electron chi connectivity index (χ2n) is 11.4. The minimum Gasteiger partial charge on any atom is -0.350 e. The van der Waals surface area contributed by atoms with Crippen molar-refractivity contribution in [3.05, 3.63) is 94.0 Å². The molecule has 0 aromatic heterocycles. The van der Waals surface area contributed by atoms with Crippen LogP contribution in [0.1, 0.15) is 56.4 Å². The molecule has 0 bridgehead atoms. The van der Waals surface area contributed by atoms with Gasteiger partial charge in [0.05, 0.1) is 10.6 Å². The van der Waals surface area contributed by atoms with E-state index in [0.29, 0.717) is 11.4 Å². The van der Waals surface area contributed by atoms with E-state index < -0.39 is 34.1 Å². The molecule has 1 atom stereocenters. The lowest BCUT2D eigenvalue weighted by molar-refractivity contribution is -0.141. The first-order valence-electron chi connectivity index (χ1n) is 13.6. The number of sulfonamides is 1. The van der Waals surface area contributed by atoms with E-state index in [1.807, 2.05) is 72.7 Å². The van der Waals surface area contributed by atoms with Crippen LogP contribution in [0.4, 0.5) is 5.69 Å². The number of anilines is 1. The van der Waals surface area contributed by atoms with Crippen LogP contribution in [0.25, 0.3) is 0 Å². The van der Waals surface area contributed by atoms with Crippen molar-refractivity contribution in [1.82, 2.24) is 10.2 Å². The van der Waals surface area contributed by atoms with Gasteiger partial charge in [0.15, 0.2) is 0 Å². The summed E-state index contributed by atoms with van der Waals surface area (Å²) < 4.78 is 29.1. The predicted octanol–water partition coefficient (Wildman–Crippen LogP) is 6.18. The van der Waals surface area contributed by atoms with E-state index in [2.05, 4.69) is 5.32 Å². The number of nitrogens with zero attached hydrogens (tertiary/aromatic N) is 2. The van der Waals surface area contributed by atoms with Crippen LogP contribution in [0.15, 0.2) is 71.6 Å². The lowest BCUT2D eigenvalue weighted by atomic mass is 10.0. The van der Waals surface area contributed by atoms with Crippen molar-refractivity contribution >= 4 is 39.1 Å². The predicted molar refractivity (Wildman–Crippen MR) is 166 cm³/mol. The molecule has 0 saturated carbocycles. The highest BCUT2D eigenvalue weighted by atomic mass is 35.5. The molecule has 0 aliphatic rings.